The maximum Gasteiger partial charge on any atom is 0.124 e. The number of halogens is 1. The van der Waals surface area contributed by atoms with Crippen LogP contribution in [0.25, 0.3) is 0 Å². The van der Waals surface area contributed by atoms with Crippen molar-refractivity contribution in [2.75, 3.05) is 27.4 Å². The number of para-hydroxylation sites is 1. The van der Waals surface area contributed by atoms with Gasteiger partial charge in [-0.2, -0.15) is 0 Å². The fourth-order valence-corrected chi connectivity index (χ4v) is 3.21. The Bertz CT molecular complexity index is 544. The van der Waals surface area contributed by atoms with Crippen molar-refractivity contribution in [3.8, 4) is 5.75 Å². The second-order valence-electron chi connectivity index (χ2n) is 4.24. The van der Waals surface area contributed by atoms with E-state index in [-0.39, 0.29) is 6.04 Å². The molecule has 1 heterocycles. The van der Waals surface area contributed by atoms with E-state index in [0.717, 1.165) is 15.6 Å². The number of nitrogens with one attached hydrogen (secondary N) is 1. The number of benzene rings is 1. The van der Waals surface area contributed by atoms with Crippen LogP contribution in [0.5, 0.6) is 5.75 Å². The van der Waals surface area contributed by atoms with Gasteiger partial charge in [-0.25, -0.2) is 0 Å². The van der Waals surface area contributed by atoms with Crippen LogP contribution >= 0.6 is 22.9 Å². The van der Waals surface area contributed by atoms with Crippen LogP contribution < -0.4 is 10.1 Å². The molecule has 0 aliphatic rings. The molecular formula is C15H18ClNO2S. The molecule has 20 heavy (non-hydrogen) atoms. The third-order valence-corrected chi connectivity index (χ3v) is 4.24. The zero-order valence-electron chi connectivity index (χ0n) is 11.6. The summed E-state index contributed by atoms with van der Waals surface area (Å²) in [6, 6.07) is 12.1. The molecule has 0 spiro atoms. The number of rotatable bonds is 7. The van der Waals surface area contributed by atoms with Gasteiger partial charge in [0.25, 0.3) is 0 Å². The van der Waals surface area contributed by atoms with Crippen molar-refractivity contribution >= 4 is 22.9 Å². The van der Waals surface area contributed by atoms with Gasteiger partial charge in [-0.15, -0.1) is 11.3 Å². The first kappa shape index (κ1) is 15.3. The van der Waals surface area contributed by atoms with Crippen molar-refractivity contribution in [1.82, 2.24) is 5.32 Å². The van der Waals surface area contributed by atoms with Crippen LogP contribution in [0.15, 0.2) is 36.4 Å². The van der Waals surface area contributed by atoms with E-state index in [4.69, 9.17) is 21.1 Å². The molecule has 0 saturated carbocycles. The highest BCUT2D eigenvalue weighted by Crippen LogP contribution is 2.34. The van der Waals surface area contributed by atoms with Crippen LogP contribution in [-0.4, -0.2) is 27.4 Å². The van der Waals surface area contributed by atoms with Gasteiger partial charge in [0.1, 0.15) is 12.4 Å². The van der Waals surface area contributed by atoms with Gasteiger partial charge >= 0.3 is 0 Å². The highest BCUT2D eigenvalue weighted by Gasteiger charge is 2.18. The van der Waals surface area contributed by atoms with Crippen LogP contribution in [0.4, 0.5) is 0 Å². The molecule has 0 fully saturated rings. The lowest BCUT2D eigenvalue weighted by Crippen LogP contribution is -2.18. The Morgan fingerprint density at radius 2 is 2.00 bits per heavy atom. The molecule has 1 aromatic heterocycles. The van der Waals surface area contributed by atoms with Gasteiger partial charge in [-0.05, 0) is 25.2 Å². The summed E-state index contributed by atoms with van der Waals surface area (Å²) in [5.41, 5.74) is 1.10. The number of ether oxygens (including phenoxy) is 2. The molecule has 108 valence electrons. The molecule has 1 unspecified atom stereocenters. The Morgan fingerprint density at radius 3 is 2.65 bits per heavy atom. The molecule has 5 heteroatoms. The van der Waals surface area contributed by atoms with E-state index in [1.165, 1.54) is 4.88 Å². The summed E-state index contributed by atoms with van der Waals surface area (Å²) in [7, 11) is 3.60. The summed E-state index contributed by atoms with van der Waals surface area (Å²) >= 11 is 7.61. The molecular weight excluding hydrogens is 294 g/mol. The Hall–Kier alpha value is -1.07. The monoisotopic (exact) mass is 311 g/mol. The molecule has 2 aromatic rings. The fourth-order valence-electron chi connectivity index (χ4n) is 2.02. The van der Waals surface area contributed by atoms with Crippen molar-refractivity contribution in [1.29, 1.82) is 0 Å². The number of methoxy groups -OCH3 is 1. The van der Waals surface area contributed by atoms with E-state index < -0.39 is 0 Å². The van der Waals surface area contributed by atoms with Crippen LogP contribution in [0.1, 0.15) is 16.5 Å². The Labute approximate surface area is 128 Å². The van der Waals surface area contributed by atoms with E-state index in [2.05, 4.69) is 11.4 Å². The molecule has 0 bridgehead atoms. The van der Waals surface area contributed by atoms with Crippen molar-refractivity contribution < 1.29 is 9.47 Å². The average Bonchev–Trinajstić information content (AvgIpc) is 2.88. The van der Waals surface area contributed by atoms with E-state index >= 15 is 0 Å². The maximum atomic E-state index is 6.03. The predicted molar refractivity (Wildman–Crippen MR) is 84.0 cm³/mol. The summed E-state index contributed by atoms with van der Waals surface area (Å²) < 4.78 is 11.6. The van der Waals surface area contributed by atoms with Crippen LogP contribution in [0, 0.1) is 0 Å². The van der Waals surface area contributed by atoms with E-state index in [9.17, 15) is 0 Å². The molecule has 3 nitrogen and oxygen atoms in total. The topological polar surface area (TPSA) is 30.5 Å². The summed E-state index contributed by atoms with van der Waals surface area (Å²) in [6.07, 6.45) is 0. The van der Waals surface area contributed by atoms with Gasteiger partial charge in [0.2, 0.25) is 0 Å². The second kappa shape index (κ2) is 7.64. The lowest BCUT2D eigenvalue weighted by molar-refractivity contribution is 0.145. The third kappa shape index (κ3) is 3.73. The van der Waals surface area contributed by atoms with E-state index in [1.807, 2.05) is 37.4 Å². The Balaban J connectivity index is 2.25. The van der Waals surface area contributed by atoms with Gasteiger partial charge in [-0.1, -0.05) is 29.8 Å². The number of hydrogen-bond acceptors (Lipinski definition) is 4. The summed E-state index contributed by atoms with van der Waals surface area (Å²) in [5.74, 6) is 0.869. The molecule has 0 radical (unpaired) electrons. The minimum Gasteiger partial charge on any atom is -0.491 e. The van der Waals surface area contributed by atoms with Gasteiger partial charge in [0.15, 0.2) is 0 Å². The normalized spacial score (nSPS) is 12.3. The van der Waals surface area contributed by atoms with Crippen LogP contribution in [0.2, 0.25) is 4.34 Å². The summed E-state index contributed by atoms with van der Waals surface area (Å²) in [5, 5.41) is 3.32. The molecule has 2 rings (SSSR count). The molecule has 0 aliphatic heterocycles. The molecule has 0 aliphatic carbocycles. The fraction of sp³-hybridized carbons (Fsp3) is 0.333. The minimum atomic E-state index is 0.0752. The summed E-state index contributed by atoms with van der Waals surface area (Å²) in [6.45, 7) is 1.11. The molecule has 0 amide bonds. The average molecular weight is 312 g/mol. The molecule has 1 N–H and O–H groups in total. The molecule has 1 aromatic carbocycles. The largest absolute Gasteiger partial charge is 0.491 e. The van der Waals surface area contributed by atoms with Crippen molar-refractivity contribution in [2.45, 2.75) is 6.04 Å². The molecule has 1 atom stereocenters. The first-order valence-corrected chi connectivity index (χ1v) is 7.59. The lowest BCUT2D eigenvalue weighted by Gasteiger charge is -2.19. The minimum absolute atomic E-state index is 0.0752. The van der Waals surface area contributed by atoms with Gasteiger partial charge < -0.3 is 14.8 Å². The number of thiophene rings is 1. The van der Waals surface area contributed by atoms with Gasteiger partial charge in [0.05, 0.1) is 17.0 Å². The van der Waals surface area contributed by atoms with Crippen LogP contribution in [0.3, 0.4) is 0 Å². The highest BCUT2D eigenvalue weighted by molar-refractivity contribution is 7.16. The van der Waals surface area contributed by atoms with E-state index in [1.54, 1.807) is 18.4 Å². The first-order chi connectivity index (χ1) is 9.76. The van der Waals surface area contributed by atoms with Gasteiger partial charge in [0, 0.05) is 17.6 Å². The quantitative estimate of drug-likeness (QED) is 0.790. The van der Waals surface area contributed by atoms with Crippen molar-refractivity contribution in [3.63, 3.8) is 0 Å². The van der Waals surface area contributed by atoms with Crippen LogP contribution in [-0.2, 0) is 4.74 Å². The first-order valence-electron chi connectivity index (χ1n) is 6.39. The third-order valence-electron chi connectivity index (χ3n) is 2.94. The zero-order chi connectivity index (χ0) is 14.4. The highest BCUT2D eigenvalue weighted by atomic mass is 35.5. The van der Waals surface area contributed by atoms with Crippen molar-refractivity contribution in [2.24, 2.45) is 0 Å². The smallest absolute Gasteiger partial charge is 0.124 e. The zero-order valence-corrected chi connectivity index (χ0v) is 13.1. The predicted octanol–water partition coefficient (Wildman–Crippen LogP) is 3.74. The molecule has 0 saturated heterocycles. The summed E-state index contributed by atoms with van der Waals surface area (Å²) in [4.78, 5) is 1.17. The second-order valence-corrected chi connectivity index (χ2v) is 5.99. The SMILES string of the molecule is CNC(c1ccc(Cl)s1)c1ccccc1OCCOC. The van der Waals surface area contributed by atoms with Crippen molar-refractivity contribution in [3.05, 3.63) is 51.2 Å². The Kier molecular flexibility index (Phi) is 5.86. The standard InChI is InChI=1S/C15H18ClNO2S/c1-17-15(13-7-8-14(16)20-13)11-5-3-4-6-12(11)19-10-9-18-2/h3-8,15,17H,9-10H2,1-2H3. The van der Waals surface area contributed by atoms with E-state index in [0.29, 0.717) is 13.2 Å². The maximum absolute atomic E-state index is 6.03. The lowest BCUT2D eigenvalue weighted by atomic mass is 10.0. The Morgan fingerprint density at radius 1 is 1.20 bits per heavy atom. The number of hydrogen-bond donors (Lipinski definition) is 1. The van der Waals surface area contributed by atoms with Gasteiger partial charge in [-0.3, -0.25) is 0 Å².